The molecule has 13 heavy (non-hydrogen) atoms. The molecule has 3 nitrogen and oxygen atoms in total. The first-order chi connectivity index (χ1) is 6.09. The van der Waals surface area contributed by atoms with Crippen molar-refractivity contribution >= 4 is 5.78 Å². The van der Waals surface area contributed by atoms with E-state index < -0.39 is 0 Å². The SMILES string of the molecule is C=C(C)CC(=O)C1CN(C)CCO1. The summed E-state index contributed by atoms with van der Waals surface area (Å²) < 4.78 is 5.38. The molecule has 0 saturated carbocycles. The van der Waals surface area contributed by atoms with E-state index in [1.807, 2.05) is 14.0 Å². The number of ketones is 1. The van der Waals surface area contributed by atoms with Gasteiger partial charge in [0.15, 0.2) is 5.78 Å². The Balaban J connectivity index is 2.41. The zero-order valence-corrected chi connectivity index (χ0v) is 8.38. The van der Waals surface area contributed by atoms with Gasteiger partial charge < -0.3 is 9.64 Å². The van der Waals surface area contributed by atoms with Crippen LogP contribution in [0.5, 0.6) is 0 Å². The van der Waals surface area contributed by atoms with Crippen molar-refractivity contribution in [2.75, 3.05) is 26.7 Å². The zero-order valence-electron chi connectivity index (χ0n) is 8.38. The van der Waals surface area contributed by atoms with E-state index in [0.29, 0.717) is 19.6 Å². The number of hydrogen-bond donors (Lipinski definition) is 0. The molecule has 0 aromatic rings. The van der Waals surface area contributed by atoms with Gasteiger partial charge in [-0.15, -0.1) is 0 Å². The molecule has 1 unspecified atom stereocenters. The molecule has 0 N–H and O–H groups in total. The number of rotatable bonds is 3. The van der Waals surface area contributed by atoms with Crippen LogP contribution in [0.4, 0.5) is 0 Å². The highest BCUT2D eigenvalue weighted by Crippen LogP contribution is 2.08. The van der Waals surface area contributed by atoms with Crippen molar-refractivity contribution in [1.29, 1.82) is 0 Å². The fraction of sp³-hybridized carbons (Fsp3) is 0.700. The summed E-state index contributed by atoms with van der Waals surface area (Å²) in [5, 5.41) is 0. The van der Waals surface area contributed by atoms with Crippen molar-refractivity contribution in [2.24, 2.45) is 0 Å². The molecule has 1 atom stereocenters. The van der Waals surface area contributed by atoms with E-state index in [9.17, 15) is 4.79 Å². The van der Waals surface area contributed by atoms with Gasteiger partial charge in [0.2, 0.25) is 0 Å². The number of carbonyl (C=O) groups is 1. The maximum absolute atomic E-state index is 11.5. The lowest BCUT2D eigenvalue weighted by molar-refractivity contribution is -0.134. The summed E-state index contributed by atoms with van der Waals surface area (Å²) in [4.78, 5) is 13.7. The maximum Gasteiger partial charge on any atom is 0.166 e. The van der Waals surface area contributed by atoms with E-state index >= 15 is 0 Å². The summed E-state index contributed by atoms with van der Waals surface area (Å²) in [5.41, 5.74) is 0.904. The van der Waals surface area contributed by atoms with Gasteiger partial charge in [-0.2, -0.15) is 0 Å². The number of hydrogen-bond acceptors (Lipinski definition) is 3. The van der Waals surface area contributed by atoms with Crippen molar-refractivity contribution in [3.8, 4) is 0 Å². The van der Waals surface area contributed by atoms with E-state index in [1.54, 1.807) is 0 Å². The average Bonchev–Trinajstić information content (AvgIpc) is 2.03. The number of morpholine rings is 1. The minimum atomic E-state index is -0.240. The highest BCUT2D eigenvalue weighted by molar-refractivity contribution is 5.85. The van der Waals surface area contributed by atoms with Gasteiger partial charge >= 0.3 is 0 Å². The Kier molecular flexibility index (Phi) is 3.63. The molecule has 1 rings (SSSR count). The Morgan fingerprint density at radius 2 is 2.38 bits per heavy atom. The summed E-state index contributed by atoms with van der Waals surface area (Å²) in [6.07, 6.45) is 0.203. The van der Waals surface area contributed by atoms with Crippen LogP contribution in [-0.4, -0.2) is 43.5 Å². The Morgan fingerprint density at radius 3 is 2.92 bits per heavy atom. The van der Waals surface area contributed by atoms with Crippen LogP contribution in [-0.2, 0) is 9.53 Å². The first kappa shape index (κ1) is 10.4. The van der Waals surface area contributed by atoms with Crippen LogP contribution in [0.15, 0.2) is 12.2 Å². The maximum atomic E-state index is 11.5. The zero-order chi connectivity index (χ0) is 9.84. The third-order valence-corrected chi connectivity index (χ3v) is 2.10. The number of likely N-dealkylation sites (N-methyl/N-ethyl adjacent to an activating group) is 1. The Labute approximate surface area is 79.4 Å². The molecule has 3 heteroatoms. The molecule has 0 aromatic heterocycles. The van der Waals surface area contributed by atoms with Crippen molar-refractivity contribution in [2.45, 2.75) is 19.4 Å². The highest BCUT2D eigenvalue weighted by Gasteiger charge is 2.23. The number of Topliss-reactive ketones (excluding diaryl/α,β-unsaturated/α-hetero) is 1. The van der Waals surface area contributed by atoms with Gasteiger partial charge in [-0.1, -0.05) is 12.2 Å². The summed E-state index contributed by atoms with van der Waals surface area (Å²) in [7, 11) is 2.00. The molecule has 0 bridgehead atoms. The fourth-order valence-corrected chi connectivity index (χ4v) is 1.38. The first-order valence-corrected chi connectivity index (χ1v) is 4.57. The molecule has 1 fully saturated rings. The minimum absolute atomic E-state index is 0.152. The average molecular weight is 183 g/mol. The quantitative estimate of drug-likeness (QED) is 0.608. The predicted molar refractivity (Wildman–Crippen MR) is 51.7 cm³/mol. The van der Waals surface area contributed by atoms with E-state index in [1.165, 1.54) is 0 Å². The number of nitrogens with zero attached hydrogens (tertiary/aromatic N) is 1. The van der Waals surface area contributed by atoms with Crippen LogP contribution >= 0.6 is 0 Å². The summed E-state index contributed by atoms with van der Waals surface area (Å²) in [5.74, 6) is 0.152. The van der Waals surface area contributed by atoms with Crippen LogP contribution < -0.4 is 0 Å². The predicted octanol–water partition coefficient (Wildman–Crippen LogP) is 0.852. The lowest BCUT2D eigenvalue weighted by Crippen LogP contribution is -2.44. The molecule has 0 aliphatic carbocycles. The largest absolute Gasteiger partial charge is 0.368 e. The molecule has 0 radical (unpaired) electrons. The number of allylic oxidation sites excluding steroid dienone is 1. The van der Waals surface area contributed by atoms with E-state index in [4.69, 9.17) is 4.74 Å². The van der Waals surface area contributed by atoms with E-state index in [-0.39, 0.29) is 11.9 Å². The van der Waals surface area contributed by atoms with Gasteiger partial charge in [0.25, 0.3) is 0 Å². The summed E-state index contributed by atoms with van der Waals surface area (Å²) in [6.45, 7) is 7.87. The van der Waals surface area contributed by atoms with Crippen LogP contribution in [0.25, 0.3) is 0 Å². The second kappa shape index (κ2) is 4.53. The highest BCUT2D eigenvalue weighted by atomic mass is 16.5. The van der Waals surface area contributed by atoms with Crippen molar-refractivity contribution < 1.29 is 9.53 Å². The van der Waals surface area contributed by atoms with Crippen molar-refractivity contribution in [3.05, 3.63) is 12.2 Å². The van der Waals surface area contributed by atoms with E-state index in [2.05, 4.69) is 11.5 Å². The molecule has 1 heterocycles. The Morgan fingerprint density at radius 1 is 1.69 bits per heavy atom. The smallest absolute Gasteiger partial charge is 0.166 e. The Hall–Kier alpha value is -0.670. The molecular weight excluding hydrogens is 166 g/mol. The van der Waals surface area contributed by atoms with Gasteiger partial charge in [0, 0.05) is 19.5 Å². The van der Waals surface area contributed by atoms with Crippen LogP contribution in [0, 0.1) is 0 Å². The molecule has 0 amide bonds. The van der Waals surface area contributed by atoms with Gasteiger partial charge in [0.1, 0.15) is 6.10 Å². The number of carbonyl (C=O) groups excluding carboxylic acids is 1. The molecule has 1 aliphatic heterocycles. The monoisotopic (exact) mass is 183 g/mol. The fourth-order valence-electron chi connectivity index (χ4n) is 1.38. The topological polar surface area (TPSA) is 29.5 Å². The normalized spacial score (nSPS) is 24.3. The van der Waals surface area contributed by atoms with Gasteiger partial charge in [0.05, 0.1) is 6.61 Å². The van der Waals surface area contributed by atoms with Gasteiger partial charge in [-0.3, -0.25) is 4.79 Å². The molecule has 0 aromatic carbocycles. The Bertz CT molecular complexity index is 213. The second-order valence-electron chi connectivity index (χ2n) is 3.72. The molecule has 0 spiro atoms. The van der Waals surface area contributed by atoms with Crippen molar-refractivity contribution in [1.82, 2.24) is 4.90 Å². The summed E-state index contributed by atoms with van der Waals surface area (Å²) in [6, 6.07) is 0. The van der Waals surface area contributed by atoms with Gasteiger partial charge in [-0.05, 0) is 14.0 Å². The second-order valence-corrected chi connectivity index (χ2v) is 3.72. The standard InChI is InChI=1S/C10H17NO2/c1-8(2)6-9(12)10-7-11(3)4-5-13-10/h10H,1,4-7H2,2-3H3. The van der Waals surface area contributed by atoms with E-state index in [0.717, 1.165) is 12.1 Å². The van der Waals surface area contributed by atoms with Crippen molar-refractivity contribution in [3.63, 3.8) is 0 Å². The molecular formula is C10H17NO2. The third-order valence-electron chi connectivity index (χ3n) is 2.10. The molecule has 1 saturated heterocycles. The third kappa shape index (κ3) is 3.28. The first-order valence-electron chi connectivity index (χ1n) is 4.57. The lowest BCUT2D eigenvalue weighted by atomic mass is 10.1. The minimum Gasteiger partial charge on any atom is -0.368 e. The lowest BCUT2D eigenvalue weighted by Gasteiger charge is -2.29. The molecule has 1 aliphatic rings. The van der Waals surface area contributed by atoms with Gasteiger partial charge in [-0.25, -0.2) is 0 Å². The number of ether oxygens (including phenoxy) is 1. The van der Waals surface area contributed by atoms with Crippen LogP contribution in [0.2, 0.25) is 0 Å². The van der Waals surface area contributed by atoms with Crippen LogP contribution in [0.3, 0.4) is 0 Å². The van der Waals surface area contributed by atoms with Crippen LogP contribution in [0.1, 0.15) is 13.3 Å². The molecule has 74 valence electrons. The summed E-state index contributed by atoms with van der Waals surface area (Å²) >= 11 is 0.